The Labute approximate surface area is 324 Å². The lowest BCUT2D eigenvalue weighted by Gasteiger charge is -2.14. The third-order valence-corrected chi connectivity index (χ3v) is 9.83. The molecule has 56 heavy (non-hydrogen) atoms. The number of carbonyl (C=O) groups is 4. The summed E-state index contributed by atoms with van der Waals surface area (Å²) in [7, 11) is 1.48. The second-order valence-electron chi connectivity index (χ2n) is 12.5. The summed E-state index contributed by atoms with van der Waals surface area (Å²) in [5.74, 6) is -2.05. The van der Waals surface area contributed by atoms with Gasteiger partial charge in [0.1, 0.15) is 29.7 Å². The molecule has 3 aromatic carbocycles. The van der Waals surface area contributed by atoms with Gasteiger partial charge in [-0.3, -0.25) is 24.7 Å². The van der Waals surface area contributed by atoms with E-state index in [-0.39, 0.29) is 34.3 Å². The number of hydrogen-bond acceptors (Lipinski definition) is 11. The number of anilines is 5. The van der Waals surface area contributed by atoms with E-state index in [2.05, 4.69) is 20.6 Å². The molecule has 0 unspecified atom stereocenters. The van der Waals surface area contributed by atoms with Crippen LogP contribution in [0.5, 0.6) is 5.88 Å². The van der Waals surface area contributed by atoms with E-state index in [9.17, 15) is 28.0 Å². The Kier molecular flexibility index (Phi) is 12.0. The molecule has 2 saturated heterocycles. The summed E-state index contributed by atoms with van der Waals surface area (Å²) in [5.41, 5.74) is 7.66. The Bertz CT molecular complexity index is 2240. The molecule has 2 aliphatic heterocycles. The molecule has 4 heterocycles. The zero-order chi connectivity index (χ0) is 39.9. The van der Waals surface area contributed by atoms with Crippen LogP contribution in [0, 0.1) is 11.6 Å². The number of nitrogens with one attached hydrogen (secondary N) is 2. The van der Waals surface area contributed by atoms with Gasteiger partial charge < -0.3 is 25.3 Å². The number of halogens is 2. The van der Waals surface area contributed by atoms with Crippen molar-refractivity contribution in [3.63, 3.8) is 0 Å². The van der Waals surface area contributed by atoms with Gasteiger partial charge in [0.25, 0.3) is 11.8 Å². The number of methoxy groups -OCH3 is 1. The highest BCUT2D eigenvalue weighted by Gasteiger charge is 2.33. The fraction of sp³-hybridized carbons (Fsp3) is 0.231. The van der Waals surface area contributed by atoms with E-state index in [0.717, 1.165) is 22.6 Å². The van der Waals surface area contributed by atoms with Crippen LogP contribution in [0.1, 0.15) is 47.4 Å². The third kappa shape index (κ3) is 8.84. The van der Waals surface area contributed by atoms with Crippen molar-refractivity contribution in [1.82, 2.24) is 9.97 Å². The minimum atomic E-state index is -0.745. The number of aromatic nitrogens is 2. The van der Waals surface area contributed by atoms with Crippen LogP contribution in [0.25, 0.3) is 10.4 Å². The molecule has 2 atom stereocenters. The lowest BCUT2D eigenvalue weighted by Crippen LogP contribution is -2.25. The number of pyridine rings is 1. The van der Waals surface area contributed by atoms with Gasteiger partial charge in [-0.15, -0.1) is 0 Å². The average Bonchev–Trinajstić information content (AvgIpc) is 3.90. The number of nitrogen functional groups attached to an aromatic ring is 1. The standard InChI is InChI=1S/C21H19FN4O3S.C18H18FN3O4/c1-2-14-11-26(21(28)29-14)13-8-9-15(16(22)10-13)19(27)25-20-24-18(23)17(30-20)12-6-4-3-5-7-12;1-3-13-10-22(18(24)26-13)12-5-6-14(15(19)8-12)17(23)21-11-4-7-16(25-2)20-9-11/h3-10,14H,2,11,23H2,1H3,(H,24,25,27);4-9,13H,3,10H2,1-2H3,(H,21,23)/t14-;13-/m00/s1. The quantitative estimate of drug-likeness (QED) is 0.127. The molecule has 7 rings (SSSR count). The second kappa shape index (κ2) is 17.2. The van der Waals surface area contributed by atoms with Gasteiger partial charge in [0.15, 0.2) is 5.13 Å². The van der Waals surface area contributed by atoms with Gasteiger partial charge in [0, 0.05) is 6.07 Å². The molecule has 17 heteroatoms. The highest BCUT2D eigenvalue weighted by Crippen LogP contribution is 2.35. The van der Waals surface area contributed by atoms with Crippen LogP contribution in [0.3, 0.4) is 0 Å². The lowest BCUT2D eigenvalue weighted by molar-refractivity contribution is 0.101. The number of carbonyl (C=O) groups excluding carboxylic acids is 4. The van der Waals surface area contributed by atoms with Crippen molar-refractivity contribution < 1.29 is 42.2 Å². The van der Waals surface area contributed by atoms with Crippen molar-refractivity contribution in [1.29, 1.82) is 0 Å². The van der Waals surface area contributed by atoms with Gasteiger partial charge >= 0.3 is 12.2 Å². The number of rotatable bonds is 10. The minimum absolute atomic E-state index is 0.135. The smallest absolute Gasteiger partial charge is 0.414 e. The summed E-state index contributed by atoms with van der Waals surface area (Å²) in [4.78, 5) is 60.2. The van der Waals surface area contributed by atoms with Crippen molar-refractivity contribution in [2.75, 3.05) is 46.4 Å². The largest absolute Gasteiger partial charge is 0.481 e. The lowest BCUT2D eigenvalue weighted by atomic mass is 10.1. The monoisotopic (exact) mass is 785 g/mol. The van der Waals surface area contributed by atoms with Gasteiger partial charge in [-0.25, -0.2) is 28.3 Å². The summed E-state index contributed by atoms with van der Waals surface area (Å²) >= 11 is 1.21. The van der Waals surface area contributed by atoms with E-state index in [1.807, 2.05) is 44.2 Å². The molecule has 0 bridgehead atoms. The number of amides is 4. The van der Waals surface area contributed by atoms with Gasteiger partial charge in [0.2, 0.25) is 5.88 Å². The summed E-state index contributed by atoms with van der Waals surface area (Å²) < 4.78 is 44.3. The van der Waals surface area contributed by atoms with Crippen molar-refractivity contribution in [3.05, 3.63) is 108 Å². The first-order valence-electron chi connectivity index (χ1n) is 17.5. The van der Waals surface area contributed by atoms with E-state index in [1.54, 1.807) is 12.1 Å². The van der Waals surface area contributed by atoms with E-state index < -0.39 is 35.6 Å². The number of cyclic esters (lactones) is 2. The molecule has 5 aromatic rings. The molecule has 4 amide bonds. The summed E-state index contributed by atoms with van der Waals surface area (Å²) in [6, 6.07) is 20.6. The van der Waals surface area contributed by atoms with Gasteiger partial charge in [-0.2, -0.15) is 0 Å². The first-order valence-corrected chi connectivity index (χ1v) is 18.3. The Hall–Kier alpha value is -6.62. The molecule has 4 N–H and O–H groups in total. The van der Waals surface area contributed by atoms with Crippen molar-refractivity contribution in [2.24, 2.45) is 0 Å². The highest BCUT2D eigenvalue weighted by molar-refractivity contribution is 7.19. The van der Waals surface area contributed by atoms with Crippen LogP contribution < -0.4 is 30.9 Å². The highest BCUT2D eigenvalue weighted by atomic mass is 32.1. The predicted octanol–water partition coefficient (Wildman–Crippen LogP) is 7.74. The van der Waals surface area contributed by atoms with Crippen LogP contribution in [0.15, 0.2) is 85.1 Å². The zero-order valence-corrected chi connectivity index (χ0v) is 31.3. The molecule has 2 aliphatic rings. The second-order valence-corrected chi connectivity index (χ2v) is 13.5. The van der Waals surface area contributed by atoms with E-state index in [4.69, 9.17) is 19.9 Å². The number of hydrogen-bond donors (Lipinski definition) is 3. The number of thiazole rings is 1. The van der Waals surface area contributed by atoms with Crippen molar-refractivity contribution in [2.45, 2.75) is 38.9 Å². The molecule has 14 nitrogen and oxygen atoms in total. The molecule has 0 radical (unpaired) electrons. The van der Waals surface area contributed by atoms with Crippen molar-refractivity contribution >= 4 is 63.3 Å². The molecule has 0 aliphatic carbocycles. The van der Waals surface area contributed by atoms with Crippen LogP contribution in [0.4, 0.5) is 46.4 Å². The predicted molar refractivity (Wildman–Crippen MR) is 207 cm³/mol. The Morgan fingerprint density at radius 3 is 1.86 bits per heavy atom. The fourth-order valence-corrected chi connectivity index (χ4v) is 6.61. The maximum Gasteiger partial charge on any atom is 0.414 e. The van der Waals surface area contributed by atoms with Gasteiger partial charge in [-0.1, -0.05) is 55.5 Å². The Morgan fingerprint density at radius 2 is 1.39 bits per heavy atom. The summed E-state index contributed by atoms with van der Waals surface area (Å²) in [5, 5.41) is 5.42. The number of benzene rings is 3. The van der Waals surface area contributed by atoms with Crippen LogP contribution in [0.2, 0.25) is 0 Å². The SMILES string of the molecule is CC[C@H]1CN(c2ccc(C(=O)Nc3ccc(OC)nc3)c(F)c2)C(=O)O1.CC[C@H]1CN(c2ccc(C(=O)Nc3nc(N)c(-c4ccccc4)s3)c(F)c2)C(=O)O1. The number of ether oxygens (including phenoxy) is 3. The minimum Gasteiger partial charge on any atom is -0.481 e. The van der Waals surface area contributed by atoms with E-state index in [1.165, 1.54) is 58.7 Å². The van der Waals surface area contributed by atoms with Crippen LogP contribution in [-0.4, -0.2) is 66.4 Å². The first kappa shape index (κ1) is 39.1. The Balaban J connectivity index is 0.000000192. The first-order chi connectivity index (χ1) is 27.0. The fourth-order valence-electron chi connectivity index (χ4n) is 5.72. The number of nitrogens with two attached hydrogens (primary N) is 1. The third-order valence-electron chi connectivity index (χ3n) is 8.79. The zero-order valence-electron chi connectivity index (χ0n) is 30.5. The Morgan fingerprint density at radius 1 is 0.839 bits per heavy atom. The topological polar surface area (TPSA) is 178 Å². The number of nitrogens with zero attached hydrogens (tertiary/aromatic N) is 4. The van der Waals surface area contributed by atoms with Crippen LogP contribution >= 0.6 is 11.3 Å². The summed E-state index contributed by atoms with van der Waals surface area (Å²) in [6.45, 7) is 4.52. The molecule has 2 aromatic heterocycles. The normalized spacial score (nSPS) is 16.1. The van der Waals surface area contributed by atoms with E-state index in [0.29, 0.717) is 48.9 Å². The molecular formula is C39H37F2N7O7S. The maximum absolute atomic E-state index is 14.6. The van der Waals surface area contributed by atoms with Crippen LogP contribution in [-0.2, 0) is 9.47 Å². The molecule has 0 saturated carbocycles. The van der Waals surface area contributed by atoms with Crippen molar-refractivity contribution in [3.8, 4) is 16.3 Å². The summed E-state index contributed by atoms with van der Waals surface area (Å²) in [6.07, 6.45) is 1.29. The average molecular weight is 786 g/mol. The molecule has 0 spiro atoms. The maximum atomic E-state index is 14.6. The molecule has 290 valence electrons. The van der Waals surface area contributed by atoms with E-state index >= 15 is 0 Å². The molecule has 2 fully saturated rings. The van der Waals surface area contributed by atoms with Gasteiger partial charge in [0.05, 0.1) is 59.5 Å². The van der Waals surface area contributed by atoms with Gasteiger partial charge in [-0.05, 0) is 60.9 Å². The molecular weight excluding hydrogens is 749 g/mol.